The highest BCUT2D eigenvalue weighted by molar-refractivity contribution is 6.05. The number of esters is 1. The zero-order valence-electron chi connectivity index (χ0n) is 13.0. The normalized spacial score (nSPS) is 23.1. The fourth-order valence-corrected chi connectivity index (χ4v) is 2.49. The van der Waals surface area contributed by atoms with Gasteiger partial charge in [0, 0.05) is 18.1 Å². The number of halogens is 3. The molecule has 25 heavy (non-hydrogen) atoms. The van der Waals surface area contributed by atoms with Gasteiger partial charge in [0.15, 0.2) is 0 Å². The van der Waals surface area contributed by atoms with E-state index in [1.165, 1.54) is 25.3 Å². The molecule has 7 nitrogen and oxygen atoms in total. The molecule has 1 aliphatic heterocycles. The largest absolute Gasteiger partial charge is 0.465 e. The van der Waals surface area contributed by atoms with Crippen LogP contribution in [0, 0.1) is 5.92 Å². The average molecular weight is 357 g/mol. The van der Waals surface area contributed by atoms with Crippen molar-refractivity contribution in [1.82, 2.24) is 15.6 Å². The lowest BCUT2D eigenvalue weighted by atomic mass is 9.83. The minimum Gasteiger partial charge on any atom is -0.465 e. The maximum atomic E-state index is 13.8. The van der Waals surface area contributed by atoms with Gasteiger partial charge < -0.3 is 15.4 Å². The number of hydrogen-bond acceptors (Lipinski definition) is 5. The Morgan fingerprint density at radius 1 is 1.48 bits per heavy atom. The lowest BCUT2D eigenvalue weighted by molar-refractivity contribution is -0.206. The maximum Gasteiger partial charge on any atom is 0.421 e. The predicted molar refractivity (Wildman–Crippen MR) is 77.9 cm³/mol. The van der Waals surface area contributed by atoms with E-state index in [4.69, 9.17) is 0 Å². The summed E-state index contributed by atoms with van der Waals surface area (Å²) in [6.07, 6.45) is -2.94. The fourth-order valence-electron chi connectivity index (χ4n) is 2.49. The Hall–Kier alpha value is -2.91. The highest BCUT2D eigenvalue weighted by Gasteiger charge is 2.72. The smallest absolute Gasteiger partial charge is 0.421 e. The zero-order valence-corrected chi connectivity index (χ0v) is 13.0. The maximum absolute atomic E-state index is 13.8. The van der Waals surface area contributed by atoms with Crippen molar-refractivity contribution in [1.29, 1.82) is 0 Å². The molecule has 0 unspecified atom stereocenters. The van der Waals surface area contributed by atoms with Crippen LogP contribution in [0.4, 0.5) is 13.2 Å². The van der Waals surface area contributed by atoms with Gasteiger partial charge in [-0.2, -0.15) is 13.2 Å². The Labute approximate surface area is 140 Å². The first-order chi connectivity index (χ1) is 11.6. The summed E-state index contributed by atoms with van der Waals surface area (Å²) in [6, 6.07) is 2.55. The van der Waals surface area contributed by atoms with Crippen molar-refractivity contribution < 1.29 is 32.3 Å². The Morgan fingerprint density at radius 2 is 2.16 bits per heavy atom. The predicted octanol–water partition coefficient (Wildman–Crippen LogP) is 0.935. The summed E-state index contributed by atoms with van der Waals surface area (Å²) in [5, 5.41) is 3.52. The zero-order chi connectivity index (χ0) is 18.8. The van der Waals surface area contributed by atoms with Crippen molar-refractivity contribution in [2.24, 2.45) is 5.92 Å². The molecule has 134 valence electrons. The number of hydrogen-bond donors (Lipinski definition) is 2. The summed E-state index contributed by atoms with van der Waals surface area (Å²) in [5.41, 5.74) is -4.24. The third-order valence-corrected chi connectivity index (χ3v) is 3.62. The van der Waals surface area contributed by atoms with Gasteiger partial charge in [-0.05, 0) is 19.1 Å². The molecule has 0 saturated carbocycles. The monoisotopic (exact) mass is 357 g/mol. The Kier molecular flexibility index (Phi) is 4.82. The summed E-state index contributed by atoms with van der Waals surface area (Å²) in [5.74, 6) is -6.31. The van der Waals surface area contributed by atoms with Crippen LogP contribution in [0.1, 0.15) is 17.3 Å². The SMILES string of the molecule is C=C1NC(=O)[C@](NC(=O)c2cccnc2)(C(F)(F)F)[C@@H]1C(=O)OCC. The van der Waals surface area contributed by atoms with Crippen LogP contribution in [0.5, 0.6) is 0 Å². The van der Waals surface area contributed by atoms with Crippen LogP contribution in [-0.4, -0.2) is 41.1 Å². The second kappa shape index (κ2) is 6.54. The van der Waals surface area contributed by atoms with Gasteiger partial charge in [0.05, 0.1) is 12.2 Å². The standard InChI is InChI=1S/C15H14F3N3O4/c1-3-25-12(23)10-8(2)20-13(24)14(10,15(16,17)18)21-11(22)9-5-4-6-19-7-9/h4-7,10H,2-3H2,1H3,(H,20,24)(H,21,22)/t10-,14-/m0/s1. The molecular weight excluding hydrogens is 343 g/mol. The van der Waals surface area contributed by atoms with Gasteiger partial charge >= 0.3 is 12.1 Å². The molecule has 2 atom stereocenters. The van der Waals surface area contributed by atoms with Crippen LogP contribution >= 0.6 is 0 Å². The molecule has 2 N–H and O–H groups in total. The summed E-state index contributed by atoms with van der Waals surface area (Å²) < 4.78 is 46.1. The third-order valence-electron chi connectivity index (χ3n) is 3.62. The Balaban J connectivity index is 2.52. The number of aromatic nitrogens is 1. The van der Waals surface area contributed by atoms with E-state index in [1.807, 2.05) is 5.32 Å². The van der Waals surface area contributed by atoms with Gasteiger partial charge in [-0.1, -0.05) is 6.58 Å². The van der Waals surface area contributed by atoms with Crippen molar-refractivity contribution in [3.8, 4) is 0 Å². The van der Waals surface area contributed by atoms with Gasteiger partial charge in [0.25, 0.3) is 11.8 Å². The number of rotatable bonds is 4. The van der Waals surface area contributed by atoms with E-state index in [0.29, 0.717) is 0 Å². The summed E-state index contributed by atoms with van der Waals surface area (Å²) in [7, 11) is 0. The first kappa shape index (κ1) is 18.4. The molecular formula is C15H14F3N3O4. The fraction of sp³-hybridized carbons (Fsp3) is 0.333. The van der Waals surface area contributed by atoms with Crippen molar-refractivity contribution in [3.05, 3.63) is 42.4 Å². The Morgan fingerprint density at radius 3 is 2.68 bits per heavy atom. The first-order valence-corrected chi connectivity index (χ1v) is 7.11. The van der Waals surface area contributed by atoms with Gasteiger partial charge in [0.1, 0.15) is 5.92 Å². The number of carbonyl (C=O) groups is 3. The van der Waals surface area contributed by atoms with Crippen molar-refractivity contribution in [2.45, 2.75) is 18.6 Å². The van der Waals surface area contributed by atoms with Gasteiger partial charge in [-0.15, -0.1) is 0 Å². The molecule has 0 aliphatic carbocycles. The van der Waals surface area contributed by atoms with E-state index in [9.17, 15) is 27.6 Å². The molecule has 1 saturated heterocycles. The highest BCUT2D eigenvalue weighted by Crippen LogP contribution is 2.43. The molecule has 0 spiro atoms. The number of ether oxygens (including phenoxy) is 1. The molecule has 0 aromatic carbocycles. The minimum absolute atomic E-state index is 0.207. The van der Waals surface area contributed by atoms with E-state index >= 15 is 0 Å². The van der Waals surface area contributed by atoms with Crippen LogP contribution in [0.3, 0.4) is 0 Å². The highest BCUT2D eigenvalue weighted by atomic mass is 19.4. The molecule has 10 heteroatoms. The number of nitrogens with zero attached hydrogens (tertiary/aromatic N) is 1. The molecule has 2 rings (SSSR count). The molecule has 2 amide bonds. The molecule has 1 fully saturated rings. The first-order valence-electron chi connectivity index (χ1n) is 7.11. The molecule has 2 heterocycles. The molecule has 0 bridgehead atoms. The second-order valence-electron chi connectivity index (χ2n) is 5.17. The van der Waals surface area contributed by atoms with Crippen molar-refractivity contribution in [3.63, 3.8) is 0 Å². The quantitative estimate of drug-likeness (QED) is 0.782. The molecule has 1 aromatic rings. The van der Waals surface area contributed by atoms with E-state index < -0.39 is 41.1 Å². The summed E-state index contributed by atoms with van der Waals surface area (Å²) >= 11 is 0. The second-order valence-corrected chi connectivity index (χ2v) is 5.17. The van der Waals surface area contributed by atoms with Gasteiger partial charge in [-0.25, -0.2) is 0 Å². The summed E-state index contributed by atoms with van der Waals surface area (Å²) in [4.78, 5) is 40.0. The van der Waals surface area contributed by atoms with E-state index in [2.05, 4.69) is 16.3 Å². The molecule has 1 aromatic heterocycles. The number of carbonyl (C=O) groups excluding carboxylic acids is 3. The number of pyridine rings is 1. The van der Waals surface area contributed by atoms with Crippen LogP contribution in [0.15, 0.2) is 36.8 Å². The van der Waals surface area contributed by atoms with Crippen LogP contribution < -0.4 is 10.6 Å². The third kappa shape index (κ3) is 3.06. The van der Waals surface area contributed by atoms with Crippen molar-refractivity contribution in [2.75, 3.05) is 6.61 Å². The topological polar surface area (TPSA) is 97.4 Å². The summed E-state index contributed by atoms with van der Waals surface area (Å²) in [6.45, 7) is 4.47. The lowest BCUT2D eigenvalue weighted by Crippen LogP contribution is -2.67. The number of alkyl halides is 3. The molecule has 1 aliphatic rings. The van der Waals surface area contributed by atoms with Gasteiger partial charge in [-0.3, -0.25) is 19.4 Å². The van der Waals surface area contributed by atoms with Crippen LogP contribution in [0.2, 0.25) is 0 Å². The van der Waals surface area contributed by atoms with E-state index in [1.54, 1.807) is 5.32 Å². The van der Waals surface area contributed by atoms with Gasteiger partial charge in [0.2, 0.25) is 5.54 Å². The van der Waals surface area contributed by atoms with Crippen LogP contribution in [-0.2, 0) is 14.3 Å². The minimum atomic E-state index is -5.29. The van der Waals surface area contributed by atoms with Crippen molar-refractivity contribution >= 4 is 17.8 Å². The average Bonchev–Trinajstić information content (AvgIpc) is 2.79. The molecule has 0 radical (unpaired) electrons. The lowest BCUT2D eigenvalue weighted by Gasteiger charge is -2.33. The number of nitrogens with one attached hydrogen (secondary N) is 2. The Bertz CT molecular complexity index is 720. The van der Waals surface area contributed by atoms with E-state index in [0.717, 1.165) is 6.20 Å². The number of amides is 2. The van der Waals surface area contributed by atoms with Crippen LogP contribution in [0.25, 0.3) is 0 Å². The van der Waals surface area contributed by atoms with E-state index in [-0.39, 0.29) is 12.2 Å².